The number of nitrogens with one attached hydrogen (secondary N) is 2. The van der Waals surface area contributed by atoms with Gasteiger partial charge in [0.25, 0.3) is 11.8 Å². The standard InChI is InChI=1S/C22H23BrClN3O5/c1-13(2)20(26-21(29)15-6-4-5-7-17(15)24)22(30)27-25-11-14-8-9-18(16(23)10-14)32-12-19(28)31-3/h4-11,13,20H,12H2,1-3H3,(H,26,29)(H,27,30)/b25-11+. The van der Waals surface area contributed by atoms with Gasteiger partial charge >= 0.3 is 5.97 Å². The molecule has 32 heavy (non-hydrogen) atoms. The van der Waals surface area contributed by atoms with Crippen molar-refractivity contribution in [3.05, 3.63) is 63.1 Å². The maximum absolute atomic E-state index is 12.6. The third-order valence-corrected chi connectivity index (χ3v) is 5.22. The van der Waals surface area contributed by atoms with Crippen LogP contribution in [-0.4, -0.2) is 43.8 Å². The van der Waals surface area contributed by atoms with Crippen molar-refractivity contribution in [1.82, 2.24) is 10.7 Å². The zero-order valence-electron chi connectivity index (χ0n) is 17.7. The molecule has 10 heteroatoms. The first-order chi connectivity index (χ1) is 15.2. The summed E-state index contributed by atoms with van der Waals surface area (Å²) >= 11 is 9.41. The lowest BCUT2D eigenvalue weighted by Gasteiger charge is -2.20. The van der Waals surface area contributed by atoms with Crippen molar-refractivity contribution >= 4 is 51.5 Å². The molecule has 0 radical (unpaired) electrons. The lowest BCUT2D eigenvalue weighted by Crippen LogP contribution is -2.48. The van der Waals surface area contributed by atoms with Gasteiger partial charge in [-0.05, 0) is 57.7 Å². The highest BCUT2D eigenvalue weighted by atomic mass is 79.9. The minimum absolute atomic E-state index is 0.183. The Morgan fingerprint density at radius 3 is 2.53 bits per heavy atom. The van der Waals surface area contributed by atoms with Gasteiger partial charge in [-0.3, -0.25) is 9.59 Å². The maximum atomic E-state index is 12.6. The van der Waals surface area contributed by atoms with Crippen molar-refractivity contribution in [2.24, 2.45) is 11.0 Å². The van der Waals surface area contributed by atoms with Crippen molar-refractivity contribution in [3.63, 3.8) is 0 Å². The molecule has 2 rings (SSSR count). The number of ether oxygens (including phenoxy) is 2. The van der Waals surface area contributed by atoms with Crippen LogP contribution in [0.1, 0.15) is 29.8 Å². The average molecular weight is 525 g/mol. The summed E-state index contributed by atoms with van der Waals surface area (Å²) in [6, 6.07) is 10.9. The SMILES string of the molecule is COC(=O)COc1ccc(/C=N/NC(=O)C(NC(=O)c2ccccc2Cl)C(C)C)cc1Br. The summed E-state index contributed by atoms with van der Waals surface area (Å²) in [4.78, 5) is 36.3. The summed E-state index contributed by atoms with van der Waals surface area (Å²) in [6.07, 6.45) is 1.44. The lowest BCUT2D eigenvalue weighted by molar-refractivity contribution is -0.142. The highest BCUT2D eigenvalue weighted by Gasteiger charge is 2.25. The van der Waals surface area contributed by atoms with E-state index >= 15 is 0 Å². The molecule has 2 aromatic rings. The van der Waals surface area contributed by atoms with E-state index in [1.807, 2.05) is 13.8 Å². The number of hydrazone groups is 1. The number of halogens is 2. The smallest absolute Gasteiger partial charge is 0.343 e. The molecule has 2 N–H and O–H groups in total. The van der Waals surface area contributed by atoms with Crippen molar-refractivity contribution in [2.75, 3.05) is 13.7 Å². The van der Waals surface area contributed by atoms with E-state index in [4.69, 9.17) is 16.3 Å². The Bertz CT molecular complexity index is 1010. The molecule has 0 aromatic heterocycles. The fourth-order valence-electron chi connectivity index (χ4n) is 2.55. The van der Waals surface area contributed by atoms with Gasteiger partial charge < -0.3 is 14.8 Å². The molecule has 0 aliphatic heterocycles. The Labute approximate surface area is 199 Å². The van der Waals surface area contributed by atoms with Crippen molar-refractivity contribution < 1.29 is 23.9 Å². The number of nitrogens with zero attached hydrogens (tertiary/aromatic N) is 1. The van der Waals surface area contributed by atoms with E-state index in [-0.39, 0.29) is 18.1 Å². The summed E-state index contributed by atoms with van der Waals surface area (Å²) in [5.41, 5.74) is 3.40. The zero-order valence-corrected chi connectivity index (χ0v) is 20.1. The number of benzene rings is 2. The third kappa shape index (κ3) is 7.35. The van der Waals surface area contributed by atoms with E-state index in [1.165, 1.54) is 13.3 Å². The number of carbonyl (C=O) groups excluding carboxylic acids is 3. The van der Waals surface area contributed by atoms with Gasteiger partial charge in [0.05, 0.1) is 28.4 Å². The second-order valence-electron chi connectivity index (χ2n) is 6.96. The highest BCUT2D eigenvalue weighted by Crippen LogP contribution is 2.25. The molecule has 2 amide bonds. The van der Waals surface area contributed by atoms with Crippen LogP contribution in [0.25, 0.3) is 0 Å². The molecule has 0 fully saturated rings. The fourth-order valence-corrected chi connectivity index (χ4v) is 3.28. The largest absolute Gasteiger partial charge is 0.481 e. The molecule has 0 spiro atoms. The highest BCUT2D eigenvalue weighted by molar-refractivity contribution is 9.10. The van der Waals surface area contributed by atoms with Gasteiger partial charge in [0.1, 0.15) is 11.8 Å². The molecule has 1 atom stereocenters. The van der Waals surface area contributed by atoms with E-state index in [9.17, 15) is 14.4 Å². The van der Waals surface area contributed by atoms with Gasteiger partial charge in [-0.1, -0.05) is 37.6 Å². The molecule has 0 aliphatic rings. The molecular weight excluding hydrogens is 502 g/mol. The van der Waals surface area contributed by atoms with Crippen LogP contribution >= 0.6 is 27.5 Å². The van der Waals surface area contributed by atoms with Crippen molar-refractivity contribution in [2.45, 2.75) is 19.9 Å². The first-order valence-electron chi connectivity index (χ1n) is 9.60. The Morgan fingerprint density at radius 1 is 1.19 bits per heavy atom. The molecule has 170 valence electrons. The molecule has 0 aliphatic carbocycles. The van der Waals surface area contributed by atoms with Gasteiger partial charge in [0.2, 0.25) is 0 Å². The fraction of sp³-hybridized carbons (Fsp3) is 0.273. The van der Waals surface area contributed by atoms with E-state index < -0.39 is 23.8 Å². The molecule has 0 bridgehead atoms. The number of hydrogen-bond donors (Lipinski definition) is 2. The summed E-state index contributed by atoms with van der Waals surface area (Å²) in [7, 11) is 1.28. The quantitative estimate of drug-likeness (QED) is 0.296. The van der Waals surface area contributed by atoms with Crippen molar-refractivity contribution in [3.8, 4) is 5.75 Å². The second-order valence-corrected chi connectivity index (χ2v) is 8.23. The number of hydrogen-bond acceptors (Lipinski definition) is 6. The lowest BCUT2D eigenvalue weighted by atomic mass is 10.0. The minimum atomic E-state index is -0.809. The zero-order chi connectivity index (χ0) is 23.7. The molecule has 1 unspecified atom stereocenters. The molecule has 8 nitrogen and oxygen atoms in total. The molecular formula is C22H23BrClN3O5. The summed E-state index contributed by atoms with van der Waals surface area (Å²) in [6.45, 7) is 3.41. The van der Waals surface area contributed by atoms with E-state index in [1.54, 1.807) is 42.5 Å². The van der Waals surface area contributed by atoms with Gasteiger partial charge in [-0.15, -0.1) is 0 Å². The van der Waals surface area contributed by atoms with E-state index in [2.05, 4.69) is 36.5 Å². The van der Waals surface area contributed by atoms with Crippen LogP contribution in [0.5, 0.6) is 5.75 Å². The molecule has 0 saturated heterocycles. The van der Waals surface area contributed by atoms with Gasteiger partial charge in [0, 0.05) is 0 Å². The normalized spacial score (nSPS) is 11.8. The number of methoxy groups -OCH3 is 1. The predicted molar refractivity (Wildman–Crippen MR) is 125 cm³/mol. The van der Waals surface area contributed by atoms with Crippen LogP contribution in [0.3, 0.4) is 0 Å². The Balaban J connectivity index is 1.99. The van der Waals surface area contributed by atoms with Crippen LogP contribution in [0, 0.1) is 5.92 Å². The van der Waals surface area contributed by atoms with Crippen LogP contribution in [0.15, 0.2) is 52.0 Å². The second kappa shape index (κ2) is 12.2. The monoisotopic (exact) mass is 523 g/mol. The maximum Gasteiger partial charge on any atom is 0.343 e. The first kappa shape index (κ1) is 25.4. The topological polar surface area (TPSA) is 106 Å². The predicted octanol–water partition coefficient (Wildman–Crippen LogP) is 3.56. The average Bonchev–Trinajstić information content (AvgIpc) is 2.76. The molecule has 0 heterocycles. The number of carbonyl (C=O) groups is 3. The summed E-state index contributed by atoms with van der Waals surface area (Å²) in [5, 5.41) is 6.96. The van der Waals surface area contributed by atoms with Crippen LogP contribution in [0.4, 0.5) is 0 Å². The van der Waals surface area contributed by atoms with Crippen molar-refractivity contribution in [1.29, 1.82) is 0 Å². The van der Waals surface area contributed by atoms with Gasteiger partial charge in [-0.2, -0.15) is 5.10 Å². The number of rotatable bonds is 9. The molecule has 2 aromatic carbocycles. The van der Waals surface area contributed by atoms with Crippen LogP contribution in [-0.2, 0) is 14.3 Å². The van der Waals surface area contributed by atoms with E-state index in [0.717, 1.165) is 0 Å². The first-order valence-corrected chi connectivity index (χ1v) is 10.8. The van der Waals surface area contributed by atoms with E-state index in [0.29, 0.717) is 20.8 Å². The Hall–Kier alpha value is -2.91. The Morgan fingerprint density at radius 2 is 1.91 bits per heavy atom. The van der Waals surface area contributed by atoms with Gasteiger partial charge in [0.15, 0.2) is 6.61 Å². The van der Waals surface area contributed by atoms with Crippen LogP contribution < -0.4 is 15.5 Å². The molecule has 0 saturated carbocycles. The third-order valence-electron chi connectivity index (χ3n) is 4.27. The minimum Gasteiger partial charge on any atom is -0.481 e. The summed E-state index contributed by atoms with van der Waals surface area (Å²) < 4.78 is 10.5. The van der Waals surface area contributed by atoms with Crippen LogP contribution in [0.2, 0.25) is 5.02 Å². The Kier molecular flexibility index (Phi) is 9.67. The number of amides is 2. The summed E-state index contributed by atoms with van der Waals surface area (Å²) in [5.74, 6) is -1.13. The number of esters is 1. The van der Waals surface area contributed by atoms with Gasteiger partial charge in [-0.25, -0.2) is 10.2 Å².